The molecule has 0 saturated heterocycles. The number of carbonyl (C=O) groups excluding carboxylic acids is 1. The summed E-state index contributed by atoms with van der Waals surface area (Å²) in [7, 11) is -2.38. The predicted molar refractivity (Wildman–Crippen MR) is 101 cm³/mol. The van der Waals surface area contributed by atoms with E-state index in [0.717, 1.165) is 5.56 Å². The maximum absolute atomic E-state index is 12.4. The predicted octanol–water partition coefficient (Wildman–Crippen LogP) is 2.97. The number of nitrogens with one attached hydrogen (secondary N) is 2. The zero-order valence-corrected chi connectivity index (χ0v) is 16.2. The fraction of sp³-hybridized carbons (Fsp3) is 0.278. The number of benzene rings is 2. The third kappa shape index (κ3) is 5.20. The molecular weight excluding hydrogens is 376 g/mol. The molecule has 0 aliphatic heterocycles. The lowest BCUT2D eigenvalue weighted by molar-refractivity contribution is 0.0950. The van der Waals surface area contributed by atoms with Crippen LogP contribution in [0.1, 0.15) is 29.3 Å². The summed E-state index contributed by atoms with van der Waals surface area (Å²) >= 11 is 5.83. The lowest BCUT2D eigenvalue weighted by atomic mass is 10.2. The fourth-order valence-corrected chi connectivity index (χ4v) is 3.68. The van der Waals surface area contributed by atoms with Gasteiger partial charge in [-0.15, -0.1) is 0 Å². The molecule has 0 unspecified atom stereocenters. The van der Waals surface area contributed by atoms with Crippen molar-refractivity contribution in [2.75, 3.05) is 13.7 Å². The number of sulfonamides is 1. The zero-order chi connectivity index (χ0) is 19.2. The Morgan fingerprint density at radius 1 is 1.15 bits per heavy atom. The van der Waals surface area contributed by atoms with Crippen molar-refractivity contribution in [3.8, 4) is 5.75 Å². The van der Waals surface area contributed by atoms with Crippen molar-refractivity contribution in [2.24, 2.45) is 0 Å². The SMILES string of the molecule is CCCNS(=O)(=O)c1cc(C(=O)NCc2ccc(Cl)cc2)ccc1OC. The molecule has 26 heavy (non-hydrogen) atoms. The minimum atomic E-state index is -3.76. The normalized spacial score (nSPS) is 11.2. The van der Waals surface area contributed by atoms with E-state index in [1.807, 2.05) is 6.92 Å². The molecular formula is C18H21ClN2O4S. The average molecular weight is 397 g/mol. The van der Waals surface area contributed by atoms with Crippen LogP contribution in [0.4, 0.5) is 0 Å². The van der Waals surface area contributed by atoms with Gasteiger partial charge in [-0.05, 0) is 42.3 Å². The molecule has 2 aromatic carbocycles. The van der Waals surface area contributed by atoms with Crippen molar-refractivity contribution in [1.82, 2.24) is 10.0 Å². The van der Waals surface area contributed by atoms with Crippen molar-refractivity contribution in [1.29, 1.82) is 0 Å². The topological polar surface area (TPSA) is 84.5 Å². The molecule has 0 fully saturated rings. The first-order chi connectivity index (χ1) is 12.4. The number of halogens is 1. The van der Waals surface area contributed by atoms with Crippen LogP contribution in [-0.2, 0) is 16.6 Å². The zero-order valence-electron chi connectivity index (χ0n) is 14.6. The van der Waals surface area contributed by atoms with Crippen LogP contribution in [0.25, 0.3) is 0 Å². The summed E-state index contributed by atoms with van der Waals surface area (Å²) in [6, 6.07) is 11.4. The van der Waals surface area contributed by atoms with E-state index in [1.54, 1.807) is 24.3 Å². The molecule has 0 atom stereocenters. The Morgan fingerprint density at radius 3 is 2.46 bits per heavy atom. The molecule has 8 heteroatoms. The Balaban J connectivity index is 2.19. The van der Waals surface area contributed by atoms with E-state index in [4.69, 9.17) is 16.3 Å². The Kier molecular flexibility index (Phi) is 7.02. The average Bonchev–Trinajstić information content (AvgIpc) is 2.65. The molecule has 0 radical (unpaired) electrons. The lowest BCUT2D eigenvalue weighted by Gasteiger charge is -2.12. The number of ether oxygens (including phenoxy) is 1. The van der Waals surface area contributed by atoms with Crippen LogP contribution in [0.5, 0.6) is 5.75 Å². The summed E-state index contributed by atoms with van der Waals surface area (Å²) in [5.41, 5.74) is 1.12. The first kappa shape index (κ1) is 20.2. The maximum Gasteiger partial charge on any atom is 0.251 e. The smallest absolute Gasteiger partial charge is 0.251 e. The van der Waals surface area contributed by atoms with Gasteiger partial charge in [-0.3, -0.25) is 4.79 Å². The van der Waals surface area contributed by atoms with Crippen LogP contribution in [0.15, 0.2) is 47.4 Å². The third-order valence-corrected chi connectivity index (χ3v) is 5.36. The summed E-state index contributed by atoms with van der Waals surface area (Å²) in [5.74, 6) is -0.197. The molecule has 2 rings (SSSR count). The standard InChI is InChI=1S/C18H21ClN2O4S/c1-3-10-21-26(23,24)17-11-14(6-9-16(17)25-2)18(22)20-12-13-4-7-15(19)8-5-13/h4-9,11,21H,3,10,12H2,1-2H3,(H,20,22). The molecule has 0 bridgehead atoms. The van der Waals surface area contributed by atoms with Gasteiger partial charge in [-0.2, -0.15) is 0 Å². The number of methoxy groups -OCH3 is 1. The van der Waals surface area contributed by atoms with E-state index in [-0.39, 0.29) is 22.1 Å². The van der Waals surface area contributed by atoms with Gasteiger partial charge in [0.15, 0.2) is 0 Å². The minimum Gasteiger partial charge on any atom is -0.495 e. The maximum atomic E-state index is 12.4. The minimum absolute atomic E-state index is 0.0624. The van der Waals surface area contributed by atoms with E-state index < -0.39 is 10.0 Å². The molecule has 0 aromatic heterocycles. The molecule has 0 heterocycles. The van der Waals surface area contributed by atoms with Crippen LogP contribution in [-0.4, -0.2) is 28.0 Å². The van der Waals surface area contributed by atoms with E-state index in [1.165, 1.54) is 25.3 Å². The van der Waals surface area contributed by atoms with Crippen molar-refractivity contribution in [2.45, 2.75) is 24.8 Å². The van der Waals surface area contributed by atoms with Gasteiger partial charge >= 0.3 is 0 Å². The van der Waals surface area contributed by atoms with Crippen LogP contribution in [0.2, 0.25) is 5.02 Å². The highest BCUT2D eigenvalue weighted by Crippen LogP contribution is 2.25. The van der Waals surface area contributed by atoms with Crippen molar-refractivity contribution in [3.63, 3.8) is 0 Å². The molecule has 0 spiro atoms. The first-order valence-corrected chi connectivity index (χ1v) is 9.94. The number of carbonyl (C=O) groups is 1. The molecule has 0 saturated carbocycles. The first-order valence-electron chi connectivity index (χ1n) is 8.07. The van der Waals surface area contributed by atoms with E-state index in [9.17, 15) is 13.2 Å². The summed E-state index contributed by atoms with van der Waals surface area (Å²) in [6.45, 7) is 2.47. The van der Waals surface area contributed by atoms with Gasteiger partial charge in [0.2, 0.25) is 10.0 Å². The van der Waals surface area contributed by atoms with Gasteiger partial charge in [-0.1, -0.05) is 30.7 Å². The van der Waals surface area contributed by atoms with Crippen LogP contribution < -0.4 is 14.8 Å². The largest absolute Gasteiger partial charge is 0.495 e. The summed E-state index contributed by atoms with van der Waals surface area (Å²) < 4.78 is 32.4. The number of hydrogen-bond donors (Lipinski definition) is 2. The number of amides is 1. The van der Waals surface area contributed by atoms with Gasteiger partial charge in [0, 0.05) is 23.7 Å². The second kappa shape index (κ2) is 9.02. The van der Waals surface area contributed by atoms with E-state index in [2.05, 4.69) is 10.0 Å². The molecule has 140 valence electrons. The van der Waals surface area contributed by atoms with Gasteiger partial charge in [0.05, 0.1) is 7.11 Å². The molecule has 0 aliphatic rings. The van der Waals surface area contributed by atoms with Crippen molar-refractivity contribution in [3.05, 3.63) is 58.6 Å². The number of rotatable bonds is 8. The molecule has 0 aliphatic carbocycles. The highest BCUT2D eigenvalue weighted by atomic mass is 35.5. The van der Waals surface area contributed by atoms with Crippen molar-refractivity contribution >= 4 is 27.5 Å². The van der Waals surface area contributed by atoms with Crippen LogP contribution >= 0.6 is 11.6 Å². The van der Waals surface area contributed by atoms with Gasteiger partial charge < -0.3 is 10.1 Å². The highest BCUT2D eigenvalue weighted by Gasteiger charge is 2.21. The van der Waals surface area contributed by atoms with E-state index >= 15 is 0 Å². The molecule has 2 aromatic rings. The fourth-order valence-electron chi connectivity index (χ4n) is 2.23. The second-order valence-corrected chi connectivity index (χ2v) is 7.74. The molecule has 1 amide bonds. The van der Waals surface area contributed by atoms with Gasteiger partial charge in [0.25, 0.3) is 5.91 Å². The monoisotopic (exact) mass is 396 g/mol. The Morgan fingerprint density at radius 2 is 1.85 bits per heavy atom. The second-order valence-electron chi connectivity index (χ2n) is 5.57. The quantitative estimate of drug-likeness (QED) is 0.718. The van der Waals surface area contributed by atoms with Crippen LogP contribution in [0, 0.1) is 0 Å². The lowest BCUT2D eigenvalue weighted by Crippen LogP contribution is -2.26. The summed E-state index contributed by atoms with van der Waals surface area (Å²) in [6.07, 6.45) is 0.656. The van der Waals surface area contributed by atoms with Crippen molar-refractivity contribution < 1.29 is 17.9 Å². The molecule has 2 N–H and O–H groups in total. The summed E-state index contributed by atoms with van der Waals surface area (Å²) in [4.78, 5) is 12.3. The van der Waals surface area contributed by atoms with Gasteiger partial charge in [-0.25, -0.2) is 13.1 Å². The highest BCUT2D eigenvalue weighted by molar-refractivity contribution is 7.89. The molecule has 6 nitrogen and oxygen atoms in total. The van der Waals surface area contributed by atoms with E-state index in [0.29, 0.717) is 24.5 Å². The number of hydrogen-bond acceptors (Lipinski definition) is 4. The Labute approximate surface area is 158 Å². The van der Waals surface area contributed by atoms with Gasteiger partial charge in [0.1, 0.15) is 10.6 Å². The summed E-state index contributed by atoms with van der Waals surface area (Å²) in [5, 5.41) is 3.37. The van der Waals surface area contributed by atoms with Crippen LogP contribution in [0.3, 0.4) is 0 Å². The third-order valence-electron chi connectivity index (χ3n) is 3.62. The Hall–Kier alpha value is -2.09. The Bertz CT molecular complexity index is 867.